The molecule has 0 fully saturated rings. The van der Waals surface area contributed by atoms with Crippen molar-refractivity contribution in [3.8, 4) is 0 Å². The Kier molecular flexibility index (Phi) is 3.87. The van der Waals surface area contributed by atoms with E-state index >= 15 is 0 Å². The van der Waals surface area contributed by atoms with Crippen LogP contribution in [-0.4, -0.2) is 19.8 Å². The van der Waals surface area contributed by atoms with Crippen molar-refractivity contribution < 1.29 is 22.3 Å². The van der Waals surface area contributed by atoms with E-state index in [1.54, 1.807) is 0 Å². The van der Waals surface area contributed by atoms with Gasteiger partial charge in [0.05, 0.1) is 4.90 Å². The molecule has 0 aromatic heterocycles. The summed E-state index contributed by atoms with van der Waals surface area (Å²) < 4.78 is 49.7. The predicted octanol–water partition coefficient (Wildman–Crippen LogP) is 2.45. The molecule has 0 aliphatic carbocycles. The first kappa shape index (κ1) is 14.6. The zero-order valence-electron chi connectivity index (χ0n) is 10.5. The van der Waals surface area contributed by atoms with Crippen molar-refractivity contribution in [3.63, 3.8) is 0 Å². The molecule has 1 unspecified atom stereocenters. The topological polar surface area (TPSA) is 54.4 Å². The van der Waals surface area contributed by atoms with Crippen molar-refractivity contribution in [3.05, 3.63) is 65.2 Å². The minimum absolute atomic E-state index is 0.00543. The summed E-state index contributed by atoms with van der Waals surface area (Å²) in [6.07, 6.45) is -0.409. The van der Waals surface area contributed by atoms with E-state index in [0.717, 1.165) is 12.3 Å². The summed E-state index contributed by atoms with van der Waals surface area (Å²) in [5.74, 6) is -2.22. The van der Waals surface area contributed by atoms with Crippen LogP contribution in [0.1, 0.15) is 17.2 Å². The second kappa shape index (κ2) is 5.30. The Hall–Kier alpha value is -1.79. The number of rotatable bonds is 3. The molecule has 0 aliphatic heterocycles. The lowest BCUT2D eigenvalue weighted by atomic mass is 10.0. The van der Waals surface area contributed by atoms with Gasteiger partial charge in [0.25, 0.3) is 0 Å². The fourth-order valence-corrected chi connectivity index (χ4v) is 2.50. The van der Waals surface area contributed by atoms with Crippen LogP contribution in [0.25, 0.3) is 0 Å². The second-order valence-electron chi connectivity index (χ2n) is 4.39. The molecule has 0 spiro atoms. The van der Waals surface area contributed by atoms with Gasteiger partial charge in [-0.25, -0.2) is 17.2 Å². The third kappa shape index (κ3) is 2.86. The van der Waals surface area contributed by atoms with Gasteiger partial charge in [-0.1, -0.05) is 24.3 Å². The Morgan fingerprint density at radius 1 is 1.10 bits per heavy atom. The number of benzene rings is 2. The van der Waals surface area contributed by atoms with Crippen molar-refractivity contribution in [1.29, 1.82) is 0 Å². The number of hydrogen-bond donors (Lipinski definition) is 1. The van der Waals surface area contributed by atoms with Gasteiger partial charge < -0.3 is 5.11 Å². The van der Waals surface area contributed by atoms with Gasteiger partial charge in [-0.3, -0.25) is 0 Å². The molecule has 6 heteroatoms. The summed E-state index contributed by atoms with van der Waals surface area (Å²) >= 11 is 0. The number of aliphatic hydroxyl groups excluding tert-OH is 1. The Balaban J connectivity index is 2.49. The van der Waals surface area contributed by atoms with Crippen molar-refractivity contribution in [2.45, 2.75) is 11.0 Å². The summed E-state index contributed by atoms with van der Waals surface area (Å²) in [5.41, 5.74) is -0.0620. The molecule has 106 valence electrons. The molecule has 2 rings (SSSR count). The SMILES string of the molecule is CS(=O)(=O)c1cccc(C(O)c2cccc(F)c2F)c1. The average molecular weight is 298 g/mol. The molecule has 0 saturated heterocycles. The van der Waals surface area contributed by atoms with Gasteiger partial charge >= 0.3 is 0 Å². The van der Waals surface area contributed by atoms with Crippen LogP contribution in [0.5, 0.6) is 0 Å². The highest BCUT2D eigenvalue weighted by Crippen LogP contribution is 2.26. The molecule has 2 aromatic carbocycles. The van der Waals surface area contributed by atoms with Crippen molar-refractivity contribution in [2.24, 2.45) is 0 Å². The number of hydrogen-bond acceptors (Lipinski definition) is 3. The zero-order chi connectivity index (χ0) is 14.9. The first-order chi connectivity index (χ1) is 9.30. The molecule has 0 amide bonds. The number of sulfone groups is 1. The van der Waals surface area contributed by atoms with Crippen LogP contribution in [0.15, 0.2) is 47.4 Å². The molecule has 0 radical (unpaired) electrons. The maximum atomic E-state index is 13.6. The number of halogens is 2. The highest BCUT2D eigenvalue weighted by molar-refractivity contribution is 7.90. The van der Waals surface area contributed by atoms with Crippen LogP contribution in [0, 0.1) is 11.6 Å². The zero-order valence-corrected chi connectivity index (χ0v) is 11.4. The van der Waals surface area contributed by atoms with Crippen LogP contribution in [0.4, 0.5) is 8.78 Å². The smallest absolute Gasteiger partial charge is 0.175 e. The third-order valence-corrected chi connectivity index (χ3v) is 3.99. The molecular formula is C14H12F2O3S. The van der Waals surface area contributed by atoms with Crippen molar-refractivity contribution in [1.82, 2.24) is 0 Å². The predicted molar refractivity (Wildman–Crippen MR) is 70.0 cm³/mol. The largest absolute Gasteiger partial charge is 0.384 e. The van der Waals surface area contributed by atoms with Crippen molar-refractivity contribution in [2.75, 3.05) is 6.26 Å². The van der Waals surface area contributed by atoms with E-state index < -0.39 is 27.6 Å². The van der Waals surface area contributed by atoms with E-state index in [4.69, 9.17) is 0 Å². The standard InChI is InChI=1S/C14H12F2O3S/c1-20(18,19)10-5-2-4-9(8-10)14(17)11-6-3-7-12(15)13(11)16/h2-8,14,17H,1H3. The highest BCUT2D eigenvalue weighted by atomic mass is 32.2. The second-order valence-corrected chi connectivity index (χ2v) is 6.41. The van der Waals surface area contributed by atoms with E-state index in [-0.39, 0.29) is 16.0 Å². The van der Waals surface area contributed by atoms with E-state index in [0.29, 0.717) is 0 Å². The molecule has 1 atom stereocenters. The van der Waals surface area contributed by atoms with Gasteiger partial charge in [-0.15, -0.1) is 0 Å². The third-order valence-electron chi connectivity index (χ3n) is 2.88. The first-order valence-corrected chi connectivity index (χ1v) is 7.62. The van der Waals surface area contributed by atoms with E-state index in [1.807, 2.05) is 0 Å². The number of aliphatic hydroxyl groups is 1. The van der Waals surface area contributed by atoms with Gasteiger partial charge in [0.15, 0.2) is 21.5 Å². The minimum Gasteiger partial charge on any atom is -0.384 e. The maximum Gasteiger partial charge on any atom is 0.175 e. The molecule has 0 heterocycles. The Morgan fingerprint density at radius 3 is 2.40 bits per heavy atom. The first-order valence-electron chi connectivity index (χ1n) is 5.72. The lowest BCUT2D eigenvalue weighted by molar-refractivity contribution is 0.213. The highest BCUT2D eigenvalue weighted by Gasteiger charge is 2.19. The fraction of sp³-hybridized carbons (Fsp3) is 0.143. The monoisotopic (exact) mass is 298 g/mol. The van der Waals surface area contributed by atoms with E-state index in [1.165, 1.54) is 36.4 Å². The molecule has 1 N–H and O–H groups in total. The average Bonchev–Trinajstić information content (AvgIpc) is 2.40. The summed E-state index contributed by atoms with van der Waals surface area (Å²) in [6.45, 7) is 0. The van der Waals surface area contributed by atoms with Crippen molar-refractivity contribution >= 4 is 9.84 Å². The minimum atomic E-state index is -3.44. The van der Waals surface area contributed by atoms with Gasteiger partial charge in [0.1, 0.15) is 6.10 Å². The van der Waals surface area contributed by atoms with Crippen LogP contribution in [0.2, 0.25) is 0 Å². The molecule has 3 nitrogen and oxygen atoms in total. The van der Waals surface area contributed by atoms with Gasteiger partial charge in [0, 0.05) is 11.8 Å². The Bertz CT molecular complexity index is 742. The molecule has 0 bridgehead atoms. The van der Waals surface area contributed by atoms with Crippen LogP contribution >= 0.6 is 0 Å². The lowest BCUT2D eigenvalue weighted by Crippen LogP contribution is -2.06. The summed E-state index contributed by atoms with van der Waals surface area (Å²) in [4.78, 5) is 0.00543. The molecular weight excluding hydrogens is 286 g/mol. The summed E-state index contributed by atoms with van der Waals surface area (Å²) in [5, 5.41) is 10.1. The summed E-state index contributed by atoms with van der Waals surface area (Å²) in [7, 11) is -3.44. The molecule has 2 aromatic rings. The molecule has 0 aliphatic rings. The molecule has 0 saturated carbocycles. The fourth-order valence-electron chi connectivity index (χ4n) is 1.83. The van der Waals surface area contributed by atoms with Crippen LogP contribution in [-0.2, 0) is 9.84 Å². The van der Waals surface area contributed by atoms with Gasteiger partial charge in [0.2, 0.25) is 0 Å². The normalized spacial score (nSPS) is 13.2. The lowest BCUT2D eigenvalue weighted by Gasteiger charge is -2.13. The van der Waals surface area contributed by atoms with Gasteiger partial charge in [-0.05, 0) is 23.8 Å². The van der Waals surface area contributed by atoms with Gasteiger partial charge in [-0.2, -0.15) is 0 Å². The Labute approximate surface area is 115 Å². The molecule has 20 heavy (non-hydrogen) atoms. The van der Waals surface area contributed by atoms with E-state index in [2.05, 4.69) is 0 Å². The quantitative estimate of drug-likeness (QED) is 0.947. The Morgan fingerprint density at radius 2 is 1.75 bits per heavy atom. The van der Waals surface area contributed by atoms with E-state index in [9.17, 15) is 22.3 Å². The summed E-state index contributed by atoms with van der Waals surface area (Å²) in [6, 6.07) is 8.96. The maximum absolute atomic E-state index is 13.6. The van der Waals surface area contributed by atoms with Crippen LogP contribution < -0.4 is 0 Å². The van der Waals surface area contributed by atoms with Crippen LogP contribution in [0.3, 0.4) is 0 Å².